The van der Waals surface area contributed by atoms with Gasteiger partial charge in [0.2, 0.25) is 0 Å². The van der Waals surface area contributed by atoms with Crippen LogP contribution >= 0.6 is 23.2 Å². The van der Waals surface area contributed by atoms with Crippen LogP contribution in [-0.2, 0) is 0 Å². The van der Waals surface area contributed by atoms with Crippen LogP contribution in [0.4, 0.5) is 15.9 Å². The van der Waals surface area contributed by atoms with E-state index in [1.807, 2.05) is 0 Å². The Kier molecular flexibility index (Phi) is 3.31. The molecule has 0 bridgehead atoms. The zero-order chi connectivity index (χ0) is 15.1. The monoisotopic (exact) mass is 322 g/mol. The Bertz CT molecular complexity index is 867. The lowest BCUT2D eigenvalue weighted by molar-refractivity contribution is 0.634. The van der Waals surface area contributed by atoms with E-state index in [1.165, 1.54) is 12.1 Å². The summed E-state index contributed by atoms with van der Waals surface area (Å²) >= 11 is 11.8. The summed E-state index contributed by atoms with van der Waals surface area (Å²) in [5.74, 6) is -0.00352. The summed E-state index contributed by atoms with van der Waals surface area (Å²) in [5.41, 5.74) is 12.4. The number of fused-ring (bicyclic) bond motifs is 1. The maximum atomic E-state index is 13.6. The van der Waals surface area contributed by atoms with Crippen LogP contribution in [0.1, 0.15) is 0 Å². The minimum Gasteiger partial charge on any atom is -0.396 e. The van der Waals surface area contributed by atoms with Gasteiger partial charge >= 0.3 is 0 Å². The number of rotatable bonds is 1. The van der Waals surface area contributed by atoms with Crippen LogP contribution < -0.4 is 11.5 Å². The maximum Gasteiger partial charge on any atom is 0.162 e. The van der Waals surface area contributed by atoms with Crippen LogP contribution in [0.15, 0.2) is 30.3 Å². The van der Waals surface area contributed by atoms with Gasteiger partial charge in [-0.05, 0) is 24.3 Å². The smallest absolute Gasteiger partial charge is 0.162 e. The highest BCUT2D eigenvalue weighted by Gasteiger charge is 2.11. The second kappa shape index (κ2) is 5.02. The fraction of sp³-hybridized carbons (Fsp3) is 0. The predicted molar refractivity (Wildman–Crippen MR) is 83.8 cm³/mol. The van der Waals surface area contributed by atoms with Gasteiger partial charge in [0.1, 0.15) is 11.6 Å². The van der Waals surface area contributed by atoms with Crippen molar-refractivity contribution in [3.8, 4) is 11.4 Å². The molecule has 0 aliphatic carbocycles. The summed E-state index contributed by atoms with van der Waals surface area (Å²) < 4.78 is 13.6. The molecule has 7 heteroatoms. The van der Waals surface area contributed by atoms with E-state index in [2.05, 4.69) is 9.97 Å². The highest BCUT2D eigenvalue weighted by molar-refractivity contribution is 6.42. The largest absolute Gasteiger partial charge is 0.396 e. The Labute approximate surface area is 129 Å². The Hall–Kier alpha value is -2.11. The van der Waals surface area contributed by atoms with Crippen molar-refractivity contribution in [2.75, 3.05) is 11.5 Å². The van der Waals surface area contributed by atoms with E-state index in [4.69, 9.17) is 34.7 Å². The van der Waals surface area contributed by atoms with Gasteiger partial charge < -0.3 is 11.5 Å². The summed E-state index contributed by atoms with van der Waals surface area (Å²) in [5, 5.41) is 1.30. The van der Waals surface area contributed by atoms with Crippen LogP contribution in [0.25, 0.3) is 22.3 Å². The molecule has 0 aliphatic rings. The van der Waals surface area contributed by atoms with E-state index >= 15 is 0 Å². The minimum atomic E-state index is -0.555. The summed E-state index contributed by atoms with van der Waals surface area (Å²) in [6.45, 7) is 0. The number of anilines is 2. The van der Waals surface area contributed by atoms with Crippen molar-refractivity contribution >= 4 is 45.6 Å². The van der Waals surface area contributed by atoms with Gasteiger partial charge in [-0.1, -0.05) is 23.2 Å². The molecule has 0 amide bonds. The molecule has 1 aromatic heterocycles. The van der Waals surface area contributed by atoms with E-state index in [0.29, 0.717) is 32.3 Å². The summed E-state index contributed by atoms with van der Waals surface area (Å²) in [4.78, 5) is 8.49. The van der Waals surface area contributed by atoms with Crippen molar-refractivity contribution in [3.05, 3.63) is 46.2 Å². The predicted octanol–water partition coefficient (Wildman–Crippen LogP) is 3.91. The van der Waals surface area contributed by atoms with Gasteiger partial charge in [-0.2, -0.15) is 0 Å². The third-order valence-corrected chi connectivity index (χ3v) is 3.76. The van der Waals surface area contributed by atoms with E-state index in [0.717, 1.165) is 0 Å². The van der Waals surface area contributed by atoms with Crippen LogP contribution in [0.2, 0.25) is 10.0 Å². The van der Waals surface area contributed by atoms with Crippen LogP contribution in [-0.4, -0.2) is 9.97 Å². The normalized spacial score (nSPS) is 11.0. The van der Waals surface area contributed by atoms with Gasteiger partial charge in [-0.25, -0.2) is 14.4 Å². The number of hydrogen-bond donors (Lipinski definition) is 2. The Morgan fingerprint density at radius 2 is 1.71 bits per heavy atom. The molecular weight excluding hydrogens is 314 g/mol. The van der Waals surface area contributed by atoms with E-state index < -0.39 is 5.82 Å². The molecule has 0 unspecified atom stereocenters. The first-order chi connectivity index (χ1) is 9.95. The molecule has 21 heavy (non-hydrogen) atoms. The molecule has 0 atom stereocenters. The number of nitrogen functional groups attached to an aromatic ring is 2. The Morgan fingerprint density at radius 1 is 0.952 bits per heavy atom. The molecule has 0 spiro atoms. The molecule has 0 saturated carbocycles. The van der Waals surface area contributed by atoms with Crippen LogP contribution in [0, 0.1) is 5.82 Å². The number of aromatic nitrogens is 2. The molecule has 0 radical (unpaired) electrons. The van der Waals surface area contributed by atoms with Crippen molar-refractivity contribution in [1.82, 2.24) is 9.97 Å². The first-order valence-corrected chi connectivity index (χ1v) is 6.69. The fourth-order valence-electron chi connectivity index (χ4n) is 1.95. The zero-order valence-electron chi connectivity index (χ0n) is 10.6. The molecule has 4 nitrogen and oxygen atoms in total. The van der Waals surface area contributed by atoms with Crippen molar-refractivity contribution in [2.24, 2.45) is 0 Å². The average molecular weight is 323 g/mol. The molecule has 3 rings (SSSR count). The van der Waals surface area contributed by atoms with Gasteiger partial charge in [-0.3, -0.25) is 0 Å². The number of benzene rings is 2. The van der Waals surface area contributed by atoms with Gasteiger partial charge in [-0.15, -0.1) is 0 Å². The average Bonchev–Trinajstić information content (AvgIpc) is 2.44. The molecule has 0 saturated heterocycles. The lowest BCUT2D eigenvalue weighted by Crippen LogP contribution is -2.00. The molecule has 106 valence electrons. The number of nitrogens with two attached hydrogens (primary N) is 2. The topological polar surface area (TPSA) is 77.8 Å². The van der Waals surface area contributed by atoms with Crippen molar-refractivity contribution < 1.29 is 4.39 Å². The van der Waals surface area contributed by atoms with E-state index in [1.54, 1.807) is 18.2 Å². The van der Waals surface area contributed by atoms with Gasteiger partial charge in [0.05, 0.1) is 21.2 Å². The lowest BCUT2D eigenvalue weighted by Gasteiger charge is -2.07. The molecular formula is C14H9Cl2FN4. The molecule has 2 aromatic carbocycles. The van der Waals surface area contributed by atoms with Crippen LogP contribution in [0.3, 0.4) is 0 Å². The fourth-order valence-corrected chi connectivity index (χ4v) is 2.25. The Morgan fingerprint density at radius 3 is 2.43 bits per heavy atom. The van der Waals surface area contributed by atoms with E-state index in [-0.39, 0.29) is 11.5 Å². The van der Waals surface area contributed by atoms with Gasteiger partial charge in [0.25, 0.3) is 0 Å². The number of halogens is 3. The highest BCUT2D eigenvalue weighted by Crippen LogP contribution is 2.30. The minimum absolute atomic E-state index is 0.0000809. The summed E-state index contributed by atoms with van der Waals surface area (Å²) in [6.07, 6.45) is 0. The van der Waals surface area contributed by atoms with Crippen molar-refractivity contribution in [3.63, 3.8) is 0 Å². The number of hydrogen-bond acceptors (Lipinski definition) is 4. The molecule has 4 N–H and O–H groups in total. The van der Waals surface area contributed by atoms with Gasteiger partial charge in [0, 0.05) is 17.0 Å². The zero-order valence-corrected chi connectivity index (χ0v) is 12.1. The highest BCUT2D eigenvalue weighted by atomic mass is 35.5. The third-order valence-electron chi connectivity index (χ3n) is 3.02. The second-order valence-electron chi connectivity index (χ2n) is 4.45. The van der Waals surface area contributed by atoms with Crippen molar-refractivity contribution in [2.45, 2.75) is 0 Å². The lowest BCUT2D eigenvalue weighted by atomic mass is 10.1. The molecule has 1 heterocycles. The van der Waals surface area contributed by atoms with E-state index in [9.17, 15) is 4.39 Å². The SMILES string of the molecule is Nc1cc2c(N)nc(-c3ccc(Cl)c(Cl)c3)nc2cc1F. The first kappa shape index (κ1) is 13.9. The summed E-state index contributed by atoms with van der Waals surface area (Å²) in [6, 6.07) is 7.61. The van der Waals surface area contributed by atoms with Crippen LogP contribution in [0.5, 0.6) is 0 Å². The van der Waals surface area contributed by atoms with Gasteiger partial charge in [0.15, 0.2) is 5.82 Å². The Balaban J connectivity index is 2.24. The molecule has 0 aliphatic heterocycles. The number of nitrogens with zero attached hydrogens (tertiary/aromatic N) is 2. The van der Waals surface area contributed by atoms with Crippen molar-refractivity contribution in [1.29, 1.82) is 0 Å². The molecule has 3 aromatic rings. The summed E-state index contributed by atoms with van der Waals surface area (Å²) in [7, 11) is 0. The quantitative estimate of drug-likeness (QED) is 0.666. The maximum absolute atomic E-state index is 13.6. The third kappa shape index (κ3) is 2.46. The molecule has 0 fully saturated rings. The first-order valence-electron chi connectivity index (χ1n) is 5.93. The second-order valence-corrected chi connectivity index (χ2v) is 5.27. The standard InChI is InChI=1S/C14H9Cl2FN4/c15-8-2-1-6(3-9(8)16)14-20-12-5-10(17)11(18)4-7(12)13(19)21-14/h1-5H,18H2,(H2,19,20,21).